The topological polar surface area (TPSA) is 38.7 Å². The van der Waals surface area contributed by atoms with Gasteiger partial charge < -0.3 is 14.6 Å². The van der Waals surface area contributed by atoms with Gasteiger partial charge in [-0.1, -0.05) is 13.8 Å². The summed E-state index contributed by atoms with van der Waals surface area (Å²) in [6.45, 7) is 7.61. The number of rotatable bonds is 2. The quantitative estimate of drug-likeness (QED) is 0.857. The first-order valence-corrected chi connectivity index (χ1v) is 6.06. The largest absolute Gasteiger partial charge is 0.490 e. The Labute approximate surface area is 102 Å². The molecule has 0 unspecified atom stereocenters. The predicted octanol–water partition coefficient (Wildman–Crippen LogP) is 2.43. The summed E-state index contributed by atoms with van der Waals surface area (Å²) in [4.78, 5) is 0. The molecule has 0 saturated carbocycles. The number of benzene rings is 1. The average Bonchev–Trinajstić information content (AvgIpc) is 2.52. The van der Waals surface area contributed by atoms with Crippen LogP contribution < -0.4 is 9.47 Å². The summed E-state index contributed by atoms with van der Waals surface area (Å²) in [7, 11) is 0. The highest BCUT2D eigenvalue weighted by molar-refractivity contribution is 5.49. The van der Waals surface area contributed by atoms with E-state index in [-0.39, 0.29) is 12.0 Å². The SMILES string of the molecule is Cc1cc2c(cc1C(C)(C)CO)OCCCO2. The highest BCUT2D eigenvalue weighted by Gasteiger charge is 2.24. The number of hydrogen-bond acceptors (Lipinski definition) is 3. The molecule has 1 heterocycles. The van der Waals surface area contributed by atoms with Gasteiger partial charge in [0.15, 0.2) is 11.5 Å². The van der Waals surface area contributed by atoms with Crippen molar-refractivity contribution < 1.29 is 14.6 Å². The molecule has 0 aromatic heterocycles. The fraction of sp³-hybridized carbons (Fsp3) is 0.571. The maximum atomic E-state index is 9.46. The molecule has 1 aliphatic heterocycles. The normalized spacial score (nSPS) is 15.5. The third kappa shape index (κ3) is 2.39. The molecule has 0 atom stereocenters. The molecule has 94 valence electrons. The number of aliphatic hydroxyl groups excluding tert-OH is 1. The number of fused-ring (bicyclic) bond motifs is 1. The Balaban J connectivity index is 2.46. The second-order valence-corrected chi connectivity index (χ2v) is 5.21. The fourth-order valence-corrected chi connectivity index (χ4v) is 2.12. The van der Waals surface area contributed by atoms with E-state index in [0.717, 1.165) is 29.0 Å². The van der Waals surface area contributed by atoms with Crippen molar-refractivity contribution in [1.82, 2.24) is 0 Å². The molecule has 3 nitrogen and oxygen atoms in total. The Morgan fingerprint density at radius 2 is 1.76 bits per heavy atom. The van der Waals surface area contributed by atoms with Crippen molar-refractivity contribution in [2.45, 2.75) is 32.6 Å². The Morgan fingerprint density at radius 3 is 2.35 bits per heavy atom. The summed E-state index contributed by atoms with van der Waals surface area (Å²) < 4.78 is 11.3. The highest BCUT2D eigenvalue weighted by atomic mass is 16.5. The van der Waals surface area contributed by atoms with Crippen molar-refractivity contribution in [3.05, 3.63) is 23.3 Å². The van der Waals surface area contributed by atoms with Crippen LogP contribution in [0.4, 0.5) is 0 Å². The molecule has 1 aliphatic rings. The third-order valence-corrected chi connectivity index (χ3v) is 3.22. The van der Waals surface area contributed by atoms with Crippen molar-refractivity contribution in [2.75, 3.05) is 19.8 Å². The minimum absolute atomic E-state index is 0.119. The molecule has 2 rings (SSSR count). The van der Waals surface area contributed by atoms with Crippen molar-refractivity contribution >= 4 is 0 Å². The summed E-state index contributed by atoms with van der Waals surface area (Å²) in [6, 6.07) is 4.01. The summed E-state index contributed by atoms with van der Waals surface area (Å²) in [5.74, 6) is 1.61. The average molecular weight is 236 g/mol. The van der Waals surface area contributed by atoms with Gasteiger partial charge in [0.05, 0.1) is 19.8 Å². The van der Waals surface area contributed by atoms with E-state index >= 15 is 0 Å². The first kappa shape index (κ1) is 12.2. The monoisotopic (exact) mass is 236 g/mol. The van der Waals surface area contributed by atoms with Crippen LogP contribution in [0.1, 0.15) is 31.4 Å². The van der Waals surface area contributed by atoms with E-state index in [2.05, 4.69) is 0 Å². The molecule has 0 amide bonds. The Morgan fingerprint density at radius 1 is 1.18 bits per heavy atom. The lowest BCUT2D eigenvalue weighted by atomic mass is 9.82. The Kier molecular flexibility index (Phi) is 3.29. The predicted molar refractivity (Wildman–Crippen MR) is 66.9 cm³/mol. The lowest BCUT2D eigenvalue weighted by Crippen LogP contribution is -2.23. The highest BCUT2D eigenvalue weighted by Crippen LogP contribution is 2.37. The maximum Gasteiger partial charge on any atom is 0.161 e. The lowest BCUT2D eigenvalue weighted by molar-refractivity contribution is 0.217. The molecule has 0 fully saturated rings. The number of aryl methyl sites for hydroxylation is 1. The van der Waals surface area contributed by atoms with Crippen LogP contribution in [0, 0.1) is 6.92 Å². The van der Waals surface area contributed by atoms with Crippen LogP contribution in [0.15, 0.2) is 12.1 Å². The van der Waals surface area contributed by atoms with Gasteiger partial charge in [0.2, 0.25) is 0 Å². The molecular weight excluding hydrogens is 216 g/mol. The zero-order chi connectivity index (χ0) is 12.5. The number of hydrogen-bond donors (Lipinski definition) is 1. The van der Waals surface area contributed by atoms with Gasteiger partial charge in [0.1, 0.15) is 0 Å². The van der Waals surface area contributed by atoms with Gasteiger partial charge in [0, 0.05) is 11.8 Å². The second-order valence-electron chi connectivity index (χ2n) is 5.21. The van der Waals surface area contributed by atoms with E-state index in [1.807, 2.05) is 32.9 Å². The van der Waals surface area contributed by atoms with Crippen LogP contribution in [0.2, 0.25) is 0 Å². The maximum absolute atomic E-state index is 9.46. The Bertz CT molecular complexity index is 410. The molecule has 0 radical (unpaired) electrons. The lowest BCUT2D eigenvalue weighted by Gasteiger charge is -2.25. The Hall–Kier alpha value is -1.22. The smallest absolute Gasteiger partial charge is 0.161 e. The second kappa shape index (κ2) is 4.57. The van der Waals surface area contributed by atoms with E-state index in [9.17, 15) is 5.11 Å². The van der Waals surface area contributed by atoms with Gasteiger partial charge in [0.25, 0.3) is 0 Å². The van der Waals surface area contributed by atoms with Crippen molar-refractivity contribution in [3.63, 3.8) is 0 Å². The van der Waals surface area contributed by atoms with Gasteiger partial charge in [-0.05, 0) is 30.2 Å². The van der Waals surface area contributed by atoms with E-state index in [1.54, 1.807) is 0 Å². The third-order valence-electron chi connectivity index (χ3n) is 3.22. The minimum atomic E-state index is -0.255. The van der Waals surface area contributed by atoms with E-state index in [1.165, 1.54) is 0 Å². The molecule has 0 aliphatic carbocycles. The fourth-order valence-electron chi connectivity index (χ4n) is 2.12. The summed E-state index contributed by atoms with van der Waals surface area (Å²) in [5.41, 5.74) is 1.99. The standard InChI is InChI=1S/C14H20O3/c1-10-7-12-13(17-6-4-5-16-12)8-11(10)14(2,3)9-15/h7-8,15H,4-6,9H2,1-3H3. The van der Waals surface area contributed by atoms with Crippen molar-refractivity contribution in [1.29, 1.82) is 0 Å². The van der Waals surface area contributed by atoms with Gasteiger partial charge in [-0.2, -0.15) is 0 Å². The van der Waals surface area contributed by atoms with Crippen LogP contribution >= 0.6 is 0 Å². The summed E-state index contributed by atoms with van der Waals surface area (Å²) in [6.07, 6.45) is 0.909. The first-order chi connectivity index (χ1) is 8.04. The molecule has 1 N–H and O–H groups in total. The molecule has 1 aromatic carbocycles. The number of ether oxygens (including phenoxy) is 2. The molecule has 17 heavy (non-hydrogen) atoms. The zero-order valence-corrected chi connectivity index (χ0v) is 10.7. The summed E-state index contributed by atoms with van der Waals surface area (Å²) in [5, 5.41) is 9.46. The van der Waals surface area contributed by atoms with Crippen molar-refractivity contribution in [3.8, 4) is 11.5 Å². The molecule has 0 saturated heterocycles. The summed E-state index contributed by atoms with van der Waals surface area (Å²) >= 11 is 0. The number of aliphatic hydroxyl groups is 1. The molecule has 3 heteroatoms. The van der Waals surface area contributed by atoms with Crippen molar-refractivity contribution in [2.24, 2.45) is 0 Å². The molecule has 0 bridgehead atoms. The zero-order valence-electron chi connectivity index (χ0n) is 10.7. The van der Waals surface area contributed by atoms with Gasteiger partial charge >= 0.3 is 0 Å². The molecule has 1 aromatic rings. The van der Waals surface area contributed by atoms with E-state index in [0.29, 0.717) is 13.2 Å². The van der Waals surface area contributed by atoms with Crippen LogP contribution in [0.5, 0.6) is 11.5 Å². The molecule has 0 spiro atoms. The van der Waals surface area contributed by atoms with Crippen LogP contribution in [-0.2, 0) is 5.41 Å². The van der Waals surface area contributed by atoms with Crippen LogP contribution in [-0.4, -0.2) is 24.9 Å². The minimum Gasteiger partial charge on any atom is -0.490 e. The van der Waals surface area contributed by atoms with Crippen LogP contribution in [0.3, 0.4) is 0 Å². The van der Waals surface area contributed by atoms with Gasteiger partial charge in [-0.3, -0.25) is 0 Å². The van der Waals surface area contributed by atoms with Crippen LogP contribution in [0.25, 0.3) is 0 Å². The van der Waals surface area contributed by atoms with E-state index in [4.69, 9.17) is 9.47 Å². The van der Waals surface area contributed by atoms with Gasteiger partial charge in [-0.15, -0.1) is 0 Å². The molecular formula is C14H20O3. The van der Waals surface area contributed by atoms with E-state index < -0.39 is 0 Å². The first-order valence-electron chi connectivity index (χ1n) is 6.06. The van der Waals surface area contributed by atoms with Gasteiger partial charge in [-0.25, -0.2) is 0 Å².